The predicted octanol–water partition coefficient (Wildman–Crippen LogP) is 4.26. The molecule has 0 spiro atoms. The molecule has 180 valence electrons. The number of hydrogen-bond acceptors (Lipinski definition) is 5. The summed E-state index contributed by atoms with van der Waals surface area (Å²) in [5.41, 5.74) is -0.884. The van der Waals surface area contributed by atoms with Gasteiger partial charge in [-0.25, -0.2) is 17.6 Å². The molecule has 0 saturated heterocycles. The highest BCUT2D eigenvalue weighted by molar-refractivity contribution is 7.89. The first kappa shape index (κ1) is 25.1. The third kappa shape index (κ3) is 5.88. The van der Waals surface area contributed by atoms with Crippen LogP contribution in [-0.4, -0.2) is 35.8 Å². The van der Waals surface area contributed by atoms with E-state index in [9.17, 15) is 35.9 Å². The van der Waals surface area contributed by atoms with Gasteiger partial charge in [0.2, 0.25) is 16.1 Å². The maximum absolute atomic E-state index is 13.1. The number of alkyl halides is 3. The number of halogens is 4. The Morgan fingerprint density at radius 1 is 1.09 bits per heavy atom. The molecule has 1 N–H and O–H groups in total. The van der Waals surface area contributed by atoms with Gasteiger partial charge in [0.05, 0.1) is 10.5 Å². The van der Waals surface area contributed by atoms with Crippen molar-refractivity contribution in [1.29, 1.82) is 0 Å². The second-order valence-electron chi connectivity index (χ2n) is 7.20. The van der Waals surface area contributed by atoms with Crippen molar-refractivity contribution in [1.82, 2.24) is 9.29 Å². The number of carboxylic acid groups (broad SMARTS) is 1. The molecule has 0 saturated carbocycles. The molecule has 1 unspecified atom stereocenters. The van der Waals surface area contributed by atoms with Gasteiger partial charge >= 0.3 is 12.1 Å². The molecule has 0 aliphatic rings. The lowest BCUT2D eigenvalue weighted by Crippen LogP contribution is -2.26. The summed E-state index contributed by atoms with van der Waals surface area (Å²) < 4.78 is 83.5. The summed E-state index contributed by atoms with van der Waals surface area (Å²) in [7, 11) is -2.55. The lowest BCUT2D eigenvalue weighted by atomic mass is 10.1. The second kappa shape index (κ2) is 9.77. The normalized spacial score (nSPS) is 13.0. The van der Waals surface area contributed by atoms with Crippen LogP contribution in [-0.2, 0) is 27.5 Å². The molecule has 0 bridgehead atoms. The van der Waals surface area contributed by atoms with Crippen LogP contribution in [0.1, 0.15) is 22.8 Å². The van der Waals surface area contributed by atoms with Crippen molar-refractivity contribution >= 4 is 16.0 Å². The smallest absolute Gasteiger partial charge is 0.417 e. The number of sulfonamides is 1. The van der Waals surface area contributed by atoms with Crippen LogP contribution in [0, 0.1) is 5.82 Å². The van der Waals surface area contributed by atoms with Gasteiger partial charge in [-0.2, -0.15) is 17.5 Å². The van der Waals surface area contributed by atoms with Crippen molar-refractivity contribution in [2.24, 2.45) is 0 Å². The summed E-state index contributed by atoms with van der Waals surface area (Å²) in [6.45, 7) is -0.0557. The fraction of sp³-hybridized carbons (Fsp3) is 0.182. The van der Waals surface area contributed by atoms with Crippen LogP contribution in [0.2, 0.25) is 0 Å². The average molecular weight is 498 g/mol. The zero-order valence-corrected chi connectivity index (χ0v) is 18.3. The Bertz CT molecular complexity index is 1260. The lowest BCUT2D eigenvalue weighted by molar-refractivity contribution is -0.146. The molecule has 3 aromatic rings. The van der Waals surface area contributed by atoms with Gasteiger partial charge in [0.25, 0.3) is 0 Å². The van der Waals surface area contributed by atoms with Gasteiger partial charge in [0.1, 0.15) is 11.6 Å². The topological polar surface area (TPSA) is 96.8 Å². The Morgan fingerprint density at radius 2 is 1.71 bits per heavy atom. The van der Waals surface area contributed by atoms with E-state index in [2.05, 4.69) is 4.98 Å². The first-order chi connectivity index (χ1) is 15.9. The summed E-state index contributed by atoms with van der Waals surface area (Å²) >= 11 is 0. The highest BCUT2D eigenvalue weighted by atomic mass is 32.2. The van der Waals surface area contributed by atoms with E-state index in [1.165, 1.54) is 31.3 Å². The van der Waals surface area contributed by atoms with Crippen LogP contribution in [0.15, 0.2) is 71.9 Å². The van der Waals surface area contributed by atoms with E-state index < -0.39 is 39.7 Å². The Balaban J connectivity index is 1.74. The Morgan fingerprint density at radius 3 is 2.26 bits per heavy atom. The van der Waals surface area contributed by atoms with Gasteiger partial charge in [-0.3, -0.25) is 4.98 Å². The van der Waals surface area contributed by atoms with Crippen molar-refractivity contribution in [3.63, 3.8) is 0 Å². The quantitative estimate of drug-likeness (QED) is 0.466. The fourth-order valence-electron chi connectivity index (χ4n) is 2.96. The Hall–Kier alpha value is -3.51. The minimum atomic E-state index is -4.70. The maximum atomic E-state index is 13.1. The third-order valence-corrected chi connectivity index (χ3v) is 6.54. The van der Waals surface area contributed by atoms with Crippen molar-refractivity contribution < 1.29 is 40.6 Å². The summed E-state index contributed by atoms with van der Waals surface area (Å²) in [6.07, 6.45) is -4.90. The molecule has 0 aliphatic carbocycles. The number of carboxylic acids is 1. The molecule has 34 heavy (non-hydrogen) atoms. The number of ether oxygens (including phenoxy) is 1. The minimum Gasteiger partial charge on any atom is -0.478 e. The van der Waals surface area contributed by atoms with E-state index in [0.717, 1.165) is 34.8 Å². The lowest BCUT2D eigenvalue weighted by Gasteiger charge is -2.19. The van der Waals surface area contributed by atoms with E-state index in [1.54, 1.807) is 0 Å². The van der Waals surface area contributed by atoms with E-state index in [1.807, 2.05) is 0 Å². The molecule has 1 atom stereocenters. The van der Waals surface area contributed by atoms with Crippen LogP contribution >= 0.6 is 0 Å². The van der Waals surface area contributed by atoms with E-state index >= 15 is 0 Å². The Labute approximate surface area is 192 Å². The molecule has 3 rings (SSSR count). The number of benzene rings is 2. The second-order valence-corrected chi connectivity index (χ2v) is 9.24. The van der Waals surface area contributed by atoms with Gasteiger partial charge in [0.15, 0.2) is 0 Å². The first-order valence-corrected chi connectivity index (χ1v) is 11.0. The van der Waals surface area contributed by atoms with Crippen molar-refractivity contribution in [2.45, 2.75) is 23.7 Å². The highest BCUT2D eigenvalue weighted by Crippen LogP contribution is 2.31. The molecule has 0 fully saturated rings. The largest absolute Gasteiger partial charge is 0.478 e. The zero-order valence-electron chi connectivity index (χ0n) is 17.5. The predicted molar refractivity (Wildman–Crippen MR) is 112 cm³/mol. The van der Waals surface area contributed by atoms with E-state index in [-0.39, 0.29) is 22.8 Å². The van der Waals surface area contributed by atoms with Gasteiger partial charge in [-0.15, -0.1) is 0 Å². The molecular weight excluding hydrogens is 480 g/mol. The van der Waals surface area contributed by atoms with E-state index in [0.29, 0.717) is 17.8 Å². The molecule has 0 aliphatic heterocycles. The van der Waals surface area contributed by atoms with Gasteiger partial charge in [-0.1, -0.05) is 12.1 Å². The van der Waals surface area contributed by atoms with E-state index in [4.69, 9.17) is 4.74 Å². The van der Waals surface area contributed by atoms with Crippen molar-refractivity contribution in [3.05, 3.63) is 89.5 Å². The monoisotopic (exact) mass is 498 g/mol. The maximum Gasteiger partial charge on any atom is 0.417 e. The summed E-state index contributed by atoms with van der Waals surface area (Å²) in [5.74, 6) is -2.05. The van der Waals surface area contributed by atoms with Crippen LogP contribution < -0.4 is 4.74 Å². The van der Waals surface area contributed by atoms with Gasteiger partial charge < -0.3 is 9.84 Å². The molecule has 2 aromatic carbocycles. The number of nitrogens with zero attached hydrogens (tertiary/aromatic N) is 2. The summed E-state index contributed by atoms with van der Waals surface area (Å²) in [5, 5.41) is 9.44. The number of pyridine rings is 1. The van der Waals surface area contributed by atoms with Crippen LogP contribution in [0.25, 0.3) is 0 Å². The molecule has 1 aromatic heterocycles. The molecule has 1 heterocycles. The third-order valence-electron chi connectivity index (χ3n) is 4.72. The first-order valence-electron chi connectivity index (χ1n) is 9.60. The number of hydrogen-bond donors (Lipinski definition) is 1. The van der Waals surface area contributed by atoms with Gasteiger partial charge in [-0.05, 0) is 48.0 Å². The summed E-state index contributed by atoms with van der Waals surface area (Å²) in [6, 6.07) is 10.7. The van der Waals surface area contributed by atoms with Crippen LogP contribution in [0.3, 0.4) is 0 Å². The molecular formula is C22H18F4N2O5S. The minimum absolute atomic E-state index is 0.0395. The number of aromatic nitrogens is 1. The molecule has 12 heteroatoms. The van der Waals surface area contributed by atoms with Crippen molar-refractivity contribution in [2.75, 3.05) is 7.05 Å². The van der Waals surface area contributed by atoms with Crippen molar-refractivity contribution in [3.8, 4) is 5.75 Å². The number of carbonyl (C=O) groups is 1. The average Bonchev–Trinajstić information content (AvgIpc) is 2.78. The Kier molecular flexibility index (Phi) is 7.22. The van der Waals surface area contributed by atoms with Crippen LogP contribution in [0.4, 0.5) is 17.6 Å². The zero-order chi connectivity index (χ0) is 25.1. The standard InChI is InChI=1S/C22H18F4N2O5S/c1-28(34(31,32)19-8-4-17(23)5-9-19)13-14-2-6-18(7-3-14)33-20(21(29)30)15-10-16(12-27-11-15)22(24,25)26/h2-12,20H,13H2,1H3,(H,29,30). The fourth-order valence-corrected chi connectivity index (χ4v) is 4.11. The highest BCUT2D eigenvalue weighted by Gasteiger charge is 2.33. The molecule has 0 amide bonds. The molecule has 7 nitrogen and oxygen atoms in total. The number of rotatable bonds is 8. The SMILES string of the molecule is CN(Cc1ccc(OC(C(=O)O)c2cncc(C(F)(F)F)c2)cc1)S(=O)(=O)c1ccc(F)cc1. The molecule has 0 radical (unpaired) electrons. The van der Waals surface area contributed by atoms with Crippen LogP contribution in [0.5, 0.6) is 5.75 Å². The van der Waals surface area contributed by atoms with Gasteiger partial charge in [0, 0.05) is 31.5 Å². The number of aliphatic carboxylic acids is 1. The summed E-state index contributed by atoms with van der Waals surface area (Å²) in [4.78, 5) is 15.0.